The molecule has 0 unspecified atom stereocenters. The monoisotopic (exact) mass is 344 g/mol. The largest absolute Gasteiger partial charge is 0.207 e. The Labute approximate surface area is 152 Å². The lowest BCUT2D eigenvalue weighted by molar-refractivity contribution is 0.294. The molecule has 1 aliphatic rings. The van der Waals surface area contributed by atoms with Gasteiger partial charge >= 0.3 is 0 Å². The number of benzene rings is 1. The van der Waals surface area contributed by atoms with Gasteiger partial charge in [-0.25, -0.2) is 8.78 Å². The molecule has 0 bridgehead atoms. The first-order valence-corrected chi connectivity index (χ1v) is 9.49. The SMILES string of the molecule is C#C.CCCCCCCC1CCC(C#Cc2ccc(F)cc2F)CC1. The van der Waals surface area contributed by atoms with Crippen molar-refractivity contribution >= 4 is 0 Å². The normalized spacial score (nSPS) is 19.2. The van der Waals surface area contributed by atoms with Crippen LogP contribution in [0.2, 0.25) is 0 Å². The molecule has 0 radical (unpaired) electrons. The lowest BCUT2D eigenvalue weighted by Crippen LogP contribution is -2.13. The van der Waals surface area contributed by atoms with Gasteiger partial charge in [0, 0.05) is 12.0 Å². The Kier molecular flexibility index (Phi) is 10.7. The Morgan fingerprint density at radius 2 is 1.68 bits per heavy atom. The molecule has 0 N–H and O–H groups in total. The molecule has 0 aromatic heterocycles. The van der Waals surface area contributed by atoms with Crippen molar-refractivity contribution in [3.63, 3.8) is 0 Å². The van der Waals surface area contributed by atoms with Crippen molar-refractivity contribution in [2.75, 3.05) is 0 Å². The van der Waals surface area contributed by atoms with Gasteiger partial charge in [-0.05, 0) is 43.7 Å². The van der Waals surface area contributed by atoms with E-state index in [-0.39, 0.29) is 0 Å². The van der Waals surface area contributed by atoms with Gasteiger partial charge < -0.3 is 0 Å². The Morgan fingerprint density at radius 3 is 2.32 bits per heavy atom. The van der Waals surface area contributed by atoms with E-state index in [2.05, 4.69) is 31.6 Å². The summed E-state index contributed by atoms with van der Waals surface area (Å²) in [5.74, 6) is 6.21. The summed E-state index contributed by atoms with van der Waals surface area (Å²) in [6.45, 7) is 2.25. The van der Waals surface area contributed by atoms with Crippen LogP contribution in [0.25, 0.3) is 0 Å². The predicted octanol–water partition coefficient (Wildman–Crippen LogP) is 6.73. The maximum absolute atomic E-state index is 13.6. The minimum Gasteiger partial charge on any atom is -0.207 e. The number of hydrogen-bond donors (Lipinski definition) is 0. The van der Waals surface area contributed by atoms with Gasteiger partial charge in [-0.15, -0.1) is 12.8 Å². The molecule has 0 aliphatic heterocycles. The molecule has 0 amide bonds. The molecule has 1 aromatic carbocycles. The zero-order valence-corrected chi connectivity index (χ0v) is 15.4. The summed E-state index contributed by atoms with van der Waals surface area (Å²) in [6.07, 6.45) is 20.9. The van der Waals surface area contributed by atoms with E-state index in [9.17, 15) is 8.78 Å². The highest BCUT2D eigenvalue weighted by atomic mass is 19.1. The zero-order chi connectivity index (χ0) is 18.5. The van der Waals surface area contributed by atoms with Gasteiger partial charge in [0.2, 0.25) is 0 Å². The molecule has 1 fully saturated rings. The first-order valence-electron chi connectivity index (χ1n) is 9.49. The molecular weight excluding hydrogens is 314 g/mol. The Balaban J connectivity index is 0.00000151. The molecule has 25 heavy (non-hydrogen) atoms. The number of hydrogen-bond acceptors (Lipinski definition) is 0. The third kappa shape index (κ3) is 8.22. The lowest BCUT2D eigenvalue weighted by atomic mass is 9.80. The Morgan fingerprint density at radius 1 is 1.00 bits per heavy atom. The Bertz CT molecular complexity index is 569. The van der Waals surface area contributed by atoms with E-state index < -0.39 is 11.6 Å². The first-order chi connectivity index (χ1) is 12.2. The van der Waals surface area contributed by atoms with Gasteiger partial charge in [-0.3, -0.25) is 0 Å². The van der Waals surface area contributed by atoms with E-state index >= 15 is 0 Å². The summed E-state index contributed by atoms with van der Waals surface area (Å²) in [5.41, 5.74) is 0.310. The van der Waals surface area contributed by atoms with Crippen LogP contribution in [0.1, 0.15) is 76.7 Å². The molecule has 0 atom stereocenters. The highest BCUT2D eigenvalue weighted by molar-refractivity contribution is 5.36. The van der Waals surface area contributed by atoms with Crippen molar-refractivity contribution in [1.29, 1.82) is 0 Å². The molecule has 2 heteroatoms. The van der Waals surface area contributed by atoms with Gasteiger partial charge in [0.1, 0.15) is 11.6 Å². The van der Waals surface area contributed by atoms with Crippen LogP contribution < -0.4 is 0 Å². The quantitative estimate of drug-likeness (QED) is 0.396. The minimum absolute atomic E-state index is 0.310. The topological polar surface area (TPSA) is 0 Å². The highest BCUT2D eigenvalue weighted by Gasteiger charge is 2.19. The lowest BCUT2D eigenvalue weighted by Gasteiger charge is -2.25. The van der Waals surface area contributed by atoms with Crippen LogP contribution in [0.3, 0.4) is 0 Å². The van der Waals surface area contributed by atoms with E-state index in [1.54, 1.807) is 0 Å². The molecule has 2 rings (SSSR count). The summed E-state index contributed by atoms with van der Waals surface area (Å²) >= 11 is 0. The molecule has 0 heterocycles. The molecule has 1 saturated carbocycles. The summed E-state index contributed by atoms with van der Waals surface area (Å²) in [5, 5.41) is 0. The second-order valence-electron chi connectivity index (χ2n) is 6.81. The fourth-order valence-electron chi connectivity index (χ4n) is 3.40. The molecular formula is C23H30F2. The van der Waals surface area contributed by atoms with E-state index in [1.807, 2.05) is 0 Å². The second-order valence-corrected chi connectivity index (χ2v) is 6.81. The highest BCUT2D eigenvalue weighted by Crippen LogP contribution is 2.31. The van der Waals surface area contributed by atoms with Crippen LogP contribution in [0.5, 0.6) is 0 Å². The number of terminal acetylenes is 1. The summed E-state index contributed by atoms with van der Waals surface area (Å²) in [4.78, 5) is 0. The van der Waals surface area contributed by atoms with E-state index in [0.29, 0.717) is 11.5 Å². The molecule has 0 nitrogen and oxygen atoms in total. The number of unbranched alkanes of at least 4 members (excludes halogenated alkanes) is 4. The third-order valence-electron chi connectivity index (χ3n) is 4.90. The van der Waals surface area contributed by atoms with Gasteiger partial charge in [0.05, 0.1) is 5.56 Å². The maximum Gasteiger partial charge on any atom is 0.141 e. The van der Waals surface area contributed by atoms with Crippen molar-refractivity contribution in [1.82, 2.24) is 0 Å². The summed E-state index contributed by atoms with van der Waals surface area (Å²) in [6, 6.07) is 3.60. The second kappa shape index (κ2) is 12.5. The van der Waals surface area contributed by atoms with Crippen molar-refractivity contribution in [2.24, 2.45) is 11.8 Å². The van der Waals surface area contributed by atoms with Gasteiger partial charge in [0.25, 0.3) is 0 Å². The van der Waals surface area contributed by atoms with E-state index in [1.165, 1.54) is 63.5 Å². The van der Waals surface area contributed by atoms with Crippen molar-refractivity contribution in [3.05, 3.63) is 35.4 Å². The van der Waals surface area contributed by atoms with E-state index in [4.69, 9.17) is 0 Å². The smallest absolute Gasteiger partial charge is 0.141 e. The van der Waals surface area contributed by atoms with Crippen LogP contribution in [0.15, 0.2) is 18.2 Å². The summed E-state index contributed by atoms with van der Waals surface area (Å²) in [7, 11) is 0. The first kappa shape index (κ1) is 21.2. The fourth-order valence-corrected chi connectivity index (χ4v) is 3.40. The standard InChI is InChI=1S/C21H28F2.C2H2/c1-2-3-4-5-6-7-17-8-10-18(11-9-17)12-13-19-14-15-20(22)16-21(19)23;1-2/h14-18H,2-11H2,1H3;1-2H. The number of halogens is 2. The third-order valence-corrected chi connectivity index (χ3v) is 4.90. The Hall–Kier alpha value is -1.80. The maximum atomic E-state index is 13.6. The van der Waals surface area contributed by atoms with Crippen molar-refractivity contribution in [2.45, 2.75) is 71.1 Å². The molecule has 1 aliphatic carbocycles. The predicted molar refractivity (Wildman–Crippen MR) is 102 cm³/mol. The van der Waals surface area contributed by atoms with Crippen LogP contribution in [0, 0.1) is 48.2 Å². The van der Waals surface area contributed by atoms with Crippen molar-refractivity contribution < 1.29 is 8.78 Å². The molecule has 1 aromatic rings. The van der Waals surface area contributed by atoms with Crippen LogP contribution in [0.4, 0.5) is 8.78 Å². The van der Waals surface area contributed by atoms with E-state index in [0.717, 1.165) is 24.8 Å². The van der Waals surface area contributed by atoms with Gasteiger partial charge in [-0.1, -0.05) is 57.3 Å². The fraction of sp³-hybridized carbons (Fsp3) is 0.565. The molecule has 0 spiro atoms. The van der Waals surface area contributed by atoms with Crippen LogP contribution in [-0.4, -0.2) is 0 Å². The molecule has 0 saturated heterocycles. The molecule has 136 valence electrons. The summed E-state index contributed by atoms with van der Waals surface area (Å²) < 4.78 is 26.4. The minimum atomic E-state index is -0.557. The average Bonchev–Trinajstić information content (AvgIpc) is 2.63. The van der Waals surface area contributed by atoms with Gasteiger partial charge in [0.15, 0.2) is 0 Å². The average molecular weight is 344 g/mol. The van der Waals surface area contributed by atoms with Gasteiger partial charge in [-0.2, -0.15) is 0 Å². The van der Waals surface area contributed by atoms with Crippen molar-refractivity contribution in [3.8, 4) is 24.7 Å². The van der Waals surface area contributed by atoms with Crippen LogP contribution >= 0.6 is 0 Å². The number of rotatable bonds is 6. The van der Waals surface area contributed by atoms with Crippen LogP contribution in [-0.2, 0) is 0 Å². The zero-order valence-electron chi connectivity index (χ0n) is 15.4.